The lowest BCUT2D eigenvalue weighted by Gasteiger charge is -2.58. The summed E-state index contributed by atoms with van der Waals surface area (Å²) in [4.78, 5) is 0. The molecule has 0 saturated heterocycles. The number of aromatic hydroxyl groups is 1. The van der Waals surface area contributed by atoms with Gasteiger partial charge in [0.1, 0.15) is 5.75 Å². The fourth-order valence-corrected chi connectivity index (χ4v) is 8.88. The molecule has 1 fully saturated rings. The van der Waals surface area contributed by atoms with Crippen LogP contribution in [0.25, 0.3) is 0 Å². The fraction of sp³-hybridized carbons (Fsp3) is 0.667. The fourth-order valence-electron chi connectivity index (χ4n) is 8.88. The first-order valence-electron chi connectivity index (χ1n) is 12.9. The molecule has 0 spiro atoms. The van der Waals surface area contributed by atoms with E-state index in [9.17, 15) is 5.11 Å². The summed E-state index contributed by atoms with van der Waals surface area (Å²) >= 11 is 0. The van der Waals surface area contributed by atoms with E-state index in [4.69, 9.17) is 0 Å². The monoisotopic (exact) mass is 418 g/mol. The van der Waals surface area contributed by atoms with Crippen LogP contribution in [0.15, 0.2) is 47.1 Å². The lowest BCUT2D eigenvalue weighted by atomic mass is 9.47. The summed E-state index contributed by atoms with van der Waals surface area (Å²) in [5.41, 5.74) is 7.93. The molecule has 1 aromatic rings. The highest BCUT2D eigenvalue weighted by atomic mass is 16.3. The summed E-state index contributed by atoms with van der Waals surface area (Å²) in [5, 5.41) is 9.90. The molecular formula is C30H42O. The van der Waals surface area contributed by atoms with E-state index in [1.54, 1.807) is 17.2 Å². The summed E-state index contributed by atoms with van der Waals surface area (Å²) in [6, 6.07) is 7.90. The second kappa shape index (κ2) is 7.26. The van der Waals surface area contributed by atoms with Crippen LogP contribution in [0.1, 0.15) is 91.5 Å². The zero-order valence-electron chi connectivity index (χ0n) is 20.4. The highest BCUT2D eigenvalue weighted by molar-refractivity contribution is 5.49. The average Bonchev–Trinajstić information content (AvgIpc) is 3.05. The molecule has 31 heavy (non-hydrogen) atoms. The third-order valence-electron chi connectivity index (χ3n) is 10.4. The van der Waals surface area contributed by atoms with Crippen LogP contribution in [0.3, 0.4) is 0 Å². The predicted octanol–water partition coefficient (Wildman–Crippen LogP) is 8.24. The van der Waals surface area contributed by atoms with Crippen molar-refractivity contribution < 1.29 is 5.11 Å². The summed E-state index contributed by atoms with van der Waals surface area (Å²) in [6.45, 7) is 12.7. The maximum atomic E-state index is 9.90. The van der Waals surface area contributed by atoms with Crippen molar-refractivity contribution in [2.45, 2.75) is 92.4 Å². The van der Waals surface area contributed by atoms with E-state index in [0.29, 0.717) is 33.8 Å². The molecule has 1 nitrogen and oxygen atoms in total. The first kappa shape index (κ1) is 21.4. The van der Waals surface area contributed by atoms with Crippen LogP contribution in [0, 0.1) is 34.0 Å². The Bertz CT molecular complexity index is 933. The van der Waals surface area contributed by atoms with E-state index in [-0.39, 0.29) is 0 Å². The smallest absolute Gasteiger partial charge is 0.115 e. The standard InChI is InChI=1S/C30H42O/c1-20(18-21-8-6-9-22(31)19-21)24-11-12-25-23-10-13-27-28(2,3)15-7-16-30(27,5)26(23)14-17-29(24,25)4/h6,8-9,12,19-20,24,27,31H,7,10-11,13-18H2,1-5H3/t20?,24-,27+,29-,30-/m1/s1. The molecule has 168 valence electrons. The van der Waals surface area contributed by atoms with Gasteiger partial charge in [-0.05, 0) is 114 Å². The molecule has 0 amide bonds. The maximum absolute atomic E-state index is 9.90. The largest absolute Gasteiger partial charge is 0.508 e. The molecule has 4 aliphatic carbocycles. The van der Waals surface area contributed by atoms with Gasteiger partial charge in [-0.15, -0.1) is 0 Å². The molecule has 5 rings (SSSR count). The lowest BCUT2D eigenvalue weighted by molar-refractivity contribution is 0.00601. The molecule has 0 heterocycles. The van der Waals surface area contributed by atoms with Crippen molar-refractivity contribution in [3.05, 3.63) is 52.6 Å². The van der Waals surface area contributed by atoms with Gasteiger partial charge >= 0.3 is 0 Å². The van der Waals surface area contributed by atoms with Gasteiger partial charge in [0.15, 0.2) is 0 Å². The number of allylic oxidation sites excluding steroid dienone is 4. The Balaban J connectivity index is 1.43. The van der Waals surface area contributed by atoms with Crippen molar-refractivity contribution in [1.29, 1.82) is 0 Å². The molecule has 1 saturated carbocycles. The van der Waals surface area contributed by atoms with Gasteiger partial charge in [-0.1, -0.05) is 64.8 Å². The minimum atomic E-state index is 0.336. The van der Waals surface area contributed by atoms with E-state index >= 15 is 0 Å². The van der Waals surface area contributed by atoms with E-state index in [1.807, 2.05) is 17.7 Å². The Hall–Kier alpha value is -1.50. The van der Waals surface area contributed by atoms with Crippen molar-refractivity contribution in [2.75, 3.05) is 0 Å². The zero-order chi connectivity index (χ0) is 22.0. The van der Waals surface area contributed by atoms with Gasteiger partial charge in [0.05, 0.1) is 0 Å². The molecular weight excluding hydrogens is 376 g/mol. The normalized spacial score (nSPS) is 37.5. The molecule has 0 radical (unpaired) electrons. The van der Waals surface area contributed by atoms with Gasteiger partial charge in [0, 0.05) is 0 Å². The minimum absolute atomic E-state index is 0.336. The molecule has 4 aliphatic rings. The molecule has 1 aromatic carbocycles. The number of phenols is 1. The van der Waals surface area contributed by atoms with Gasteiger partial charge < -0.3 is 5.11 Å². The quantitative estimate of drug-likeness (QED) is 0.524. The van der Waals surface area contributed by atoms with Gasteiger partial charge in [0.2, 0.25) is 0 Å². The van der Waals surface area contributed by atoms with Gasteiger partial charge in [-0.25, -0.2) is 0 Å². The van der Waals surface area contributed by atoms with E-state index in [1.165, 1.54) is 56.9 Å². The third-order valence-corrected chi connectivity index (χ3v) is 10.4. The van der Waals surface area contributed by atoms with Gasteiger partial charge in [-0.3, -0.25) is 0 Å². The van der Waals surface area contributed by atoms with Crippen LogP contribution in [0.2, 0.25) is 0 Å². The van der Waals surface area contributed by atoms with Gasteiger partial charge in [-0.2, -0.15) is 0 Å². The van der Waals surface area contributed by atoms with Crippen molar-refractivity contribution in [1.82, 2.24) is 0 Å². The maximum Gasteiger partial charge on any atom is 0.115 e. The molecule has 1 N–H and O–H groups in total. The molecule has 1 heteroatoms. The van der Waals surface area contributed by atoms with Crippen LogP contribution in [0.5, 0.6) is 5.75 Å². The summed E-state index contributed by atoms with van der Waals surface area (Å²) in [5.74, 6) is 2.60. The van der Waals surface area contributed by atoms with Crippen LogP contribution in [-0.2, 0) is 6.42 Å². The zero-order valence-corrected chi connectivity index (χ0v) is 20.4. The first-order chi connectivity index (χ1) is 14.6. The van der Waals surface area contributed by atoms with E-state index < -0.39 is 0 Å². The molecule has 0 aliphatic heterocycles. The van der Waals surface area contributed by atoms with Crippen LogP contribution < -0.4 is 0 Å². The van der Waals surface area contributed by atoms with Crippen LogP contribution in [-0.4, -0.2) is 5.11 Å². The van der Waals surface area contributed by atoms with Crippen molar-refractivity contribution in [3.63, 3.8) is 0 Å². The summed E-state index contributed by atoms with van der Waals surface area (Å²) in [7, 11) is 0. The Morgan fingerprint density at radius 3 is 2.61 bits per heavy atom. The summed E-state index contributed by atoms with van der Waals surface area (Å²) in [6.07, 6.45) is 14.5. The second-order valence-corrected chi connectivity index (χ2v) is 12.5. The highest BCUT2D eigenvalue weighted by Gasteiger charge is 2.55. The third kappa shape index (κ3) is 3.25. The first-order valence-corrected chi connectivity index (χ1v) is 12.9. The minimum Gasteiger partial charge on any atom is -0.508 e. The van der Waals surface area contributed by atoms with Gasteiger partial charge in [0.25, 0.3) is 0 Å². The Labute approximate surface area is 190 Å². The van der Waals surface area contributed by atoms with Crippen LogP contribution >= 0.6 is 0 Å². The van der Waals surface area contributed by atoms with Crippen LogP contribution in [0.4, 0.5) is 0 Å². The molecule has 1 unspecified atom stereocenters. The van der Waals surface area contributed by atoms with E-state index in [0.717, 1.165) is 12.3 Å². The number of hydrogen-bond acceptors (Lipinski definition) is 1. The average molecular weight is 419 g/mol. The molecule has 5 atom stereocenters. The topological polar surface area (TPSA) is 20.2 Å². The summed E-state index contributed by atoms with van der Waals surface area (Å²) < 4.78 is 0. The van der Waals surface area contributed by atoms with Crippen molar-refractivity contribution in [3.8, 4) is 5.75 Å². The second-order valence-electron chi connectivity index (χ2n) is 12.5. The van der Waals surface area contributed by atoms with Crippen molar-refractivity contribution in [2.24, 2.45) is 34.0 Å². The number of benzene rings is 1. The number of rotatable bonds is 3. The van der Waals surface area contributed by atoms with Crippen molar-refractivity contribution >= 4 is 0 Å². The Morgan fingerprint density at radius 2 is 1.84 bits per heavy atom. The number of fused-ring (bicyclic) bond motifs is 4. The predicted molar refractivity (Wildman–Crippen MR) is 130 cm³/mol. The molecule has 0 aromatic heterocycles. The molecule has 0 bridgehead atoms. The number of phenolic OH excluding ortho intramolecular Hbond substituents is 1. The Morgan fingerprint density at radius 1 is 1.03 bits per heavy atom. The highest BCUT2D eigenvalue weighted by Crippen LogP contribution is 2.66. The van der Waals surface area contributed by atoms with E-state index in [2.05, 4.69) is 46.8 Å². The lowest BCUT2D eigenvalue weighted by Crippen LogP contribution is -2.47. The Kier molecular flexibility index (Phi) is 5.00. The number of hydrogen-bond donors (Lipinski definition) is 1. The SMILES string of the molecule is CC(Cc1cccc(O)c1)[C@H]1CC=C2C3=C(CC[C@@]21C)[C@@]1(C)CCCC(C)(C)[C@@H]1CC3.